The Labute approximate surface area is 96.0 Å². The maximum Gasteiger partial charge on any atom is 0.153 e. The summed E-state index contributed by atoms with van der Waals surface area (Å²) in [7, 11) is -1.26. The van der Waals surface area contributed by atoms with Gasteiger partial charge in [-0.15, -0.1) is 0 Å². The normalized spacial score (nSPS) is 13.0. The summed E-state index contributed by atoms with van der Waals surface area (Å²) in [4.78, 5) is 4.04. The van der Waals surface area contributed by atoms with Gasteiger partial charge in [-0.25, -0.2) is 13.4 Å². The van der Waals surface area contributed by atoms with Crippen molar-refractivity contribution in [1.82, 2.24) is 20.1 Å². The van der Waals surface area contributed by atoms with Crippen molar-refractivity contribution in [3.63, 3.8) is 0 Å². The Morgan fingerprint density at radius 1 is 1.50 bits per heavy atom. The summed E-state index contributed by atoms with van der Waals surface area (Å²) in [5, 5.41) is 7.00. The molecule has 1 aromatic heterocycles. The number of hydrogen-bond acceptors (Lipinski definition) is 5. The molecule has 0 aliphatic heterocycles. The zero-order valence-corrected chi connectivity index (χ0v) is 10.9. The molecule has 0 amide bonds. The molecule has 0 spiro atoms. The van der Waals surface area contributed by atoms with E-state index in [4.69, 9.17) is 0 Å². The highest BCUT2D eigenvalue weighted by molar-refractivity contribution is 7.92. The van der Waals surface area contributed by atoms with E-state index in [1.165, 1.54) is 12.6 Å². The highest BCUT2D eigenvalue weighted by atomic mass is 32.2. The standard InChI is InChI=1S/C9H18N4O2S/c1-9(2,16(4,14)15)6-10-5-8-11-7-12-13(8)3/h7,10H,5-6H2,1-4H3. The minimum atomic E-state index is -3.06. The fourth-order valence-electron chi connectivity index (χ4n) is 1.09. The minimum absolute atomic E-state index is 0.388. The number of aryl methyl sites for hydroxylation is 1. The molecular formula is C9H18N4O2S. The monoisotopic (exact) mass is 246 g/mol. The predicted octanol–water partition coefficient (Wildman–Crippen LogP) is -0.272. The van der Waals surface area contributed by atoms with Gasteiger partial charge in [-0.2, -0.15) is 5.10 Å². The van der Waals surface area contributed by atoms with Gasteiger partial charge in [0.05, 0.1) is 11.3 Å². The first-order valence-electron chi connectivity index (χ1n) is 4.97. The van der Waals surface area contributed by atoms with Gasteiger partial charge in [0.25, 0.3) is 0 Å². The Hall–Kier alpha value is -0.950. The second-order valence-electron chi connectivity index (χ2n) is 4.44. The van der Waals surface area contributed by atoms with Crippen LogP contribution in [-0.2, 0) is 23.4 Å². The molecule has 7 heteroatoms. The van der Waals surface area contributed by atoms with Crippen LogP contribution in [0.5, 0.6) is 0 Å². The average molecular weight is 246 g/mol. The molecule has 0 radical (unpaired) electrons. The Morgan fingerprint density at radius 2 is 2.12 bits per heavy atom. The summed E-state index contributed by atoms with van der Waals surface area (Å²) in [6.07, 6.45) is 2.72. The van der Waals surface area contributed by atoms with Crippen molar-refractivity contribution < 1.29 is 8.42 Å². The van der Waals surface area contributed by atoms with Crippen LogP contribution in [0.3, 0.4) is 0 Å². The van der Waals surface area contributed by atoms with E-state index < -0.39 is 14.6 Å². The lowest BCUT2D eigenvalue weighted by Gasteiger charge is -2.22. The first-order valence-corrected chi connectivity index (χ1v) is 6.86. The lowest BCUT2D eigenvalue weighted by Crippen LogP contribution is -2.41. The van der Waals surface area contributed by atoms with Crippen LogP contribution < -0.4 is 5.32 Å². The van der Waals surface area contributed by atoms with E-state index in [2.05, 4.69) is 15.4 Å². The number of hydrogen-bond donors (Lipinski definition) is 1. The molecule has 0 aromatic carbocycles. The second kappa shape index (κ2) is 4.50. The van der Waals surface area contributed by atoms with Gasteiger partial charge >= 0.3 is 0 Å². The van der Waals surface area contributed by atoms with E-state index in [9.17, 15) is 8.42 Å². The van der Waals surface area contributed by atoms with Crippen LogP contribution >= 0.6 is 0 Å². The van der Waals surface area contributed by atoms with Crippen molar-refractivity contribution in [2.24, 2.45) is 7.05 Å². The van der Waals surface area contributed by atoms with Crippen molar-refractivity contribution in [1.29, 1.82) is 0 Å². The highest BCUT2D eigenvalue weighted by Crippen LogP contribution is 2.13. The summed E-state index contributed by atoms with van der Waals surface area (Å²) in [5.41, 5.74) is 0. The third kappa shape index (κ3) is 3.02. The molecule has 0 saturated carbocycles. The van der Waals surface area contributed by atoms with Gasteiger partial charge in [-0.05, 0) is 13.8 Å². The van der Waals surface area contributed by atoms with Gasteiger partial charge in [-0.1, -0.05) is 0 Å². The van der Waals surface area contributed by atoms with Crippen molar-refractivity contribution in [2.75, 3.05) is 12.8 Å². The molecule has 92 valence electrons. The topological polar surface area (TPSA) is 76.9 Å². The summed E-state index contributed by atoms with van der Waals surface area (Å²) < 4.78 is 23.8. The molecule has 0 unspecified atom stereocenters. The van der Waals surface area contributed by atoms with Crippen LogP contribution in [0.2, 0.25) is 0 Å². The lowest BCUT2D eigenvalue weighted by atomic mass is 10.2. The Kier molecular flexibility index (Phi) is 3.69. The zero-order chi connectivity index (χ0) is 12.4. The predicted molar refractivity (Wildman–Crippen MR) is 61.6 cm³/mol. The number of aromatic nitrogens is 3. The Morgan fingerprint density at radius 3 is 2.56 bits per heavy atom. The molecule has 1 rings (SSSR count). The SMILES string of the molecule is Cn1ncnc1CNCC(C)(C)S(C)(=O)=O. The van der Waals surface area contributed by atoms with Gasteiger partial charge in [-0.3, -0.25) is 4.68 Å². The molecule has 16 heavy (non-hydrogen) atoms. The summed E-state index contributed by atoms with van der Waals surface area (Å²) in [6, 6.07) is 0. The number of sulfone groups is 1. The fourth-order valence-corrected chi connectivity index (χ4v) is 1.45. The van der Waals surface area contributed by atoms with Crippen molar-refractivity contribution >= 4 is 9.84 Å². The van der Waals surface area contributed by atoms with Crippen LogP contribution in [-0.4, -0.2) is 40.7 Å². The number of rotatable bonds is 5. The van der Waals surface area contributed by atoms with Crippen molar-refractivity contribution in [3.8, 4) is 0 Å². The molecule has 0 saturated heterocycles. The quantitative estimate of drug-likeness (QED) is 0.773. The Bertz CT molecular complexity index is 450. The molecule has 0 bridgehead atoms. The molecule has 1 N–H and O–H groups in total. The number of nitrogens with one attached hydrogen (secondary N) is 1. The maximum atomic E-state index is 11.4. The van der Waals surface area contributed by atoms with Crippen LogP contribution in [0.15, 0.2) is 6.33 Å². The van der Waals surface area contributed by atoms with Crippen LogP contribution in [0.25, 0.3) is 0 Å². The van der Waals surface area contributed by atoms with Gasteiger partial charge in [0.15, 0.2) is 9.84 Å². The van der Waals surface area contributed by atoms with E-state index >= 15 is 0 Å². The van der Waals surface area contributed by atoms with E-state index in [1.54, 1.807) is 25.6 Å². The molecule has 0 atom stereocenters. The average Bonchev–Trinajstić information content (AvgIpc) is 2.49. The second-order valence-corrected chi connectivity index (χ2v) is 7.08. The van der Waals surface area contributed by atoms with E-state index in [1.807, 2.05) is 0 Å². The molecule has 6 nitrogen and oxygen atoms in total. The smallest absolute Gasteiger partial charge is 0.153 e. The molecule has 0 aliphatic carbocycles. The minimum Gasteiger partial charge on any atom is -0.308 e. The maximum absolute atomic E-state index is 11.4. The molecular weight excluding hydrogens is 228 g/mol. The third-order valence-corrected chi connectivity index (χ3v) is 4.79. The fraction of sp³-hybridized carbons (Fsp3) is 0.778. The summed E-state index contributed by atoms with van der Waals surface area (Å²) in [6.45, 7) is 4.30. The van der Waals surface area contributed by atoms with E-state index in [-0.39, 0.29) is 0 Å². The largest absolute Gasteiger partial charge is 0.308 e. The summed E-state index contributed by atoms with van der Waals surface area (Å²) >= 11 is 0. The molecule has 1 aromatic rings. The highest BCUT2D eigenvalue weighted by Gasteiger charge is 2.29. The lowest BCUT2D eigenvalue weighted by molar-refractivity contribution is 0.512. The number of nitrogens with zero attached hydrogens (tertiary/aromatic N) is 3. The van der Waals surface area contributed by atoms with Crippen LogP contribution in [0, 0.1) is 0 Å². The summed E-state index contributed by atoms with van der Waals surface area (Å²) in [5.74, 6) is 0.782. The van der Waals surface area contributed by atoms with Crippen molar-refractivity contribution in [3.05, 3.63) is 12.2 Å². The van der Waals surface area contributed by atoms with Gasteiger partial charge < -0.3 is 5.32 Å². The Balaban J connectivity index is 2.51. The van der Waals surface area contributed by atoms with E-state index in [0.717, 1.165) is 5.82 Å². The molecule has 0 fully saturated rings. The molecule has 1 heterocycles. The van der Waals surface area contributed by atoms with Gasteiger partial charge in [0.2, 0.25) is 0 Å². The van der Waals surface area contributed by atoms with Crippen LogP contribution in [0.1, 0.15) is 19.7 Å². The van der Waals surface area contributed by atoms with Gasteiger partial charge in [0, 0.05) is 19.8 Å². The first-order chi connectivity index (χ1) is 7.24. The van der Waals surface area contributed by atoms with Crippen LogP contribution in [0.4, 0.5) is 0 Å². The third-order valence-electron chi connectivity index (χ3n) is 2.64. The first kappa shape index (κ1) is 13.1. The van der Waals surface area contributed by atoms with Crippen molar-refractivity contribution in [2.45, 2.75) is 25.1 Å². The molecule has 0 aliphatic rings. The van der Waals surface area contributed by atoms with Gasteiger partial charge in [0.1, 0.15) is 12.2 Å². The zero-order valence-electron chi connectivity index (χ0n) is 10.1. The van der Waals surface area contributed by atoms with E-state index in [0.29, 0.717) is 13.1 Å².